The van der Waals surface area contributed by atoms with Crippen molar-refractivity contribution < 1.29 is 19.2 Å². The zero-order valence-electron chi connectivity index (χ0n) is 11.6. The van der Waals surface area contributed by atoms with E-state index in [9.17, 15) is 9.36 Å². The van der Waals surface area contributed by atoms with Gasteiger partial charge in [0.05, 0.1) is 7.11 Å². The number of carboxylic acid groups (broad SMARTS) is 1. The molecule has 0 aliphatic rings. The van der Waals surface area contributed by atoms with Gasteiger partial charge in [0.25, 0.3) is 0 Å². The Balaban J connectivity index is 2.56. The van der Waals surface area contributed by atoms with Crippen molar-refractivity contribution in [3.63, 3.8) is 0 Å². The van der Waals surface area contributed by atoms with E-state index in [-0.39, 0.29) is 14.9 Å². The lowest BCUT2D eigenvalue weighted by atomic mass is 9.96. The summed E-state index contributed by atoms with van der Waals surface area (Å²) in [7, 11) is 1.48. The molecule has 2 rings (SSSR count). The smallest absolute Gasteiger partial charge is 0.303 e. The van der Waals surface area contributed by atoms with Crippen molar-refractivity contribution in [3.8, 4) is 16.9 Å². The van der Waals surface area contributed by atoms with Crippen molar-refractivity contribution >= 4 is 19.7 Å². The third-order valence-corrected chi connectivity index (χ3v) is 3.85. The number of carboxylic acids is 1. The molecule has 0 spiro atoms. The van der Waals surface area contributed by atoms with Crippen LogP contribution in [0.15, 0.2) is 42.5 Å². The minimum atomic E-state index is -0.877. The molecule has 0 aliphatic heterocycles. The van der Waals surface area contributed by atoms with Gasteiger partial charge >= 0.3 is 5.97 Å². The van der Waals surface area contributed by atoms with Crippen molar-refractivity contribution in [1.82, 2.24) is 0 Å². The van der Waals surface area contributed by atoms with Crippen LogP contribution in [0.1, 0.15) is 12.0 Å². The molecule has 0 heterocycles. The average molecular weight is 302 g/mol. The van der Waals surface area contributed by atoms with Crippen molar-refractivity contribution in [1.29, 1.82) is 0 Å². The lowest BCUT2D eigenvalue weighted by Gasteiger charge is -2.14. The van der Waals surface area contributed by atoms with Crippen molar-refractivity contribution in [3.05, 3.63) is 48.0 Å². The molecule has 0 bridgehead atoms. The lowest BCUT2D eigenvalue weighted by Crippen LogP contribution is -2.08. The standard InChI is InChI=1S/C16H15O4P/c1-20-14-7-3-2-5-12(14)11-6-4-8-15(21-19)13(11)9-10-16(17)18/h2-8H,9-10H2,1H3,(H,17,18). The SMILES string of the molecule is COc1ccccc1-c1cccc(P=O)c1CCC(=O)O. The maximum Gasteiger partial charge on any atom is 0.303 e. The van der Waals surface area contributed by atoms with Gasteiger partial charge in [-0.2, -0.15) is 0 Å². The van der Waals surface area contributed by atoms with E-state index in [1.165, 1.54) is 0 Å². The number of aliphatic carboxylic acids is 1. The van der Waals surface area contributed by atoms with E-state index >= 15 is 0 Å². The highest BCUT2D eigenvalue weighted by molar-refractivity contribution is 7.34. The van der Waals surface area contributed by atoms with Gasteiger partial charge in [0, 0.05) is 17.3 Å². The molecule has 0 amide bonds. The highest BCUT2D eigenvalue weighted by Crippen LogP contribution is 2.32. The second kappa shape index (κ2) is 7.00. The van der Waals surface area contributed by atoms with E-state index in [0.717, 1.165) is 16.7 Å². The number of carbonyl (C=O) groups is 1. The van der Waals surface area contributed by atoms with E-state index in [2.05, 4.69) is 0 Å². The van der Waals surface area contributed by atoms with Gasteiger partial charge in [0.15, 0.2) is 8.46 Å². The summed E-state index contributed by atoms with van der Waals surface area (Å²) in [5.74, 6) is -0.174. The fourth-order valence-corrected chi connectivity index (χ4v) is 2.76. The van der Waals surface area contributed by atoms with Gasteiger partial charge in [-0.3, -0.25) is 9.36 Å². The number of para-hydroxylation sites is 1. The third kappa shape index (κ3) is 3.47. The molecule has 0 aliphatic carbocycles. The zero-order chi connectivity index (χ0) is 15.2. The summed E-state index contributed by atoms with van der Waals surface area (Å²) < 4.78 is 16.7. The molecule has 4 nitrogen and oxygen atoms in total. The molecule has 5 heteroatoms. The largest absolute Gasteiger partial charge is 0.496 e. The Hall–Kier alpha value is -2.19. The van der Waals surface area contributed by atoms with Crippen LogP contribution in [-0.4, -0.2) is 18.2 Å². The van der Waals surface area contributed by atoms with Gasteiger partial charge in [0.2, 0.25) is 0 Å². The maximum atomic E-state index is 11.3. The Morgan fingerprint density at radius 2 is 1.86 bits per heavy atom. The number of benzene rings is 2. The summed E-state index contributed by atoms with van der Waals surface area (Å²) in [6, 6.07) is 13.0. The number of hydrogen-bond acceptors (Lipinski definition) is 3. The Morgan fingerprint density at radius 1 is 1.14 bits per heavy atom. The van der Waals surface area contributed by atoms with E-state index in [1.54, 1.807) is 13.2 Å². The molecule has 0 radical (unpaired) electrons. The molecular formula is C16H15O4P. The van der Waals surface area contributed by atoms with Gasteiger partial charge in [-0.25, -0.2) is 0 Å². The van der Waals surface area contributed by atoms with Gasteiger partial charge in [0.1, 0.15) is 5.75 Å². The Morgan fingerprint density at radius 3 is 2.52 bits per heavy atom. The first-order valence-electron chi connectivity index (χ1n) is 6.47. The van der Waals surface area contributed by atoms with E-state index in [1.807, 2.05) is 36.4 Å². The third-order valence-electron chi connectivity index (χ3n) is 3.24. The van der Waals surface area contributed by atoms with E-state index in [0.29, 0.717) is 17.5 Å². The quantitative estimate of drug-likeness (QED) is 0.832. The fraction of sp³-hybridized carbons (Fsp3) is 0.188. The number of methoxy groups -OCH3 is 1. The molecule has 0 aromatic heterocycles. The number of rotatable bonds is 6. The predicted octanol–water partition coefficient (Wildman–Crippen LogP) is 3.30. The van der Waals surface area contributed by atoms with Crippen LogP contribution in [0, 0.1) is 0 Å². The summed E-state index contributed by atoms with van der Waals surface area (Å²) in [6.07, 6.45) is 0.322. The summed E-state index contributed by atoms with van der Waals surface area (Å²) in [5.41, 5.74) is 2.50. The molecule has 0 fully saturated rings. The average Bonchev–Trinajstić information content (AvgIpc) is 2.52. The first-order valence-corrected chi connectivity index (χ1v) is 7.29. The molecule has 0 unspecified atom stereocenters. The Labute approximate surface area is 124 Å². The monoisotopic (exact) mass is 302 g/mol. The predicted molar refractivity (Wildman–Crippen MR) is 81.6 cm³/mol. The second-order valence-electron chi connectivity index (χ2n) is 4.49. The van der Waals surface area contributed by atoms with Crippen LogP contribution in [0.2, 0.25) is 0 Å². The van der Waals surface area contributed by atoms with Gasteiger partial charge < -0.3 is 9.84 Å². The van der Waals surface area contributed by atoms with Gasteiger partial charge in [-0.05, 0) is 29.7 Å². The first kappa shape index (κ1) is 15.2. The maximum absolute atomic E-state index is 11.3. The highest BCUT2D eigenvalue weighted by atomic mass is 31.1. The first-order chi connectivity index (χ1) is 10.2. The highest BCUT2D eigenvalue weighted by Gasteiger charge is 2.14. The topological polar surface area (TPSA) is 63.6 Å². The van der Waals surface area contributed by atoms with Crippen LogP contribution < -0.4 is 10.0 Å². The molecule has 0 saturated heterocycles. The molecule has 108 valence electrons. The Bertz CT molecular complexity index is 667. The normalized spacial score (nSPS) is 10.5. The van der Waals surface area contributed by atoms with Crippen LogP contribution in [0.3, 0.4) is 0 Å². The molecule has 0 atom stereocenters. The van der Waals surface area contributed by atoms with Crippen LogP contribution in [0.5, 0.6) is 5.75 Å². The summed E-state index contributed by atoms with van der Waals surface area (Å²) in [4.78, 5) is 10.8. The summed E-state index contributed by atoms with van der Waals surface area (Å²) in [6.45, 7) is 0. The Kier molecular flexibility index (Phi) is 5.07. The summed E-state index contributed by atoms with van der Waals surface area (Å²) in [5, 5.41) is 9.51. The number of ether oxygens (including phenoxy) is 1. The van der Waals surface area contributed by atoms with E-state index < -0.39 is 5.97 Å². The summed E-state index contributed by atoms with van der Waals surface area (Å²) >= 11 is 0. The zero-order valence-corrected chi connectivity index (χ0v) is 12.5. The molecule has 1 N–H and O–H groups in total. The second-order valence-corrected chi connectivity index (χ2v) is 5.15. The van der Waals surface area contributed by atoms with Crippen LogP contribution in [-0.2, 0) is 15.8 Å². The van der Waals surface area contributed by atoms with Crippen molar-refractivity contribution in [2.24, 2.45) is 0 Å². The van der Waals surface area contributed by atoms with Gasteiger partial charge in [-0.1, -0.05) is 30.3 Å². The van der Waals surface area contributed by atoms with E-state index in [4.69, 9.17) is 9.84 Å². The lowest BCUT2D eigenvalue weighted by molar-refractivity contribution is -0.136. The van der Waals surface area contributed by atoms with Crippen LogP contribution >= 0.6 is 8.46 Å². The van der Waals surface area contributed by atoms with Crippen molar-refractivity contribution in [2.75, 3.05) is 7.11 Å². The van der Waals surface area contributed by atoms with Crippen molar-refractivity contribution in [2.45, 2.75) is 12.8 Å². The molecule has 0 saturated carbocycles. The minimum absolute atomic E-state index is 0.00528. The van der Waals surface area contributed by atoms with Crippen LogP contribution in [0.25, 0.3) is 11.1 Å². The molecule has 2 aromatic rings. The number of hydrogen-bond donors (Lipinski definition) is 1. The molecule has 2 aromatic carbocycles. The minimum Gasteiger partial charge on any atom is -0.496 e. The molecule has 21 heavy (non-hydrogen) atoms. The van der Waals surface area contributed by atoms with Gasteiger partial charge in [-0.15, -0.1) is 0 Å². The molecular weight excluding hydrogens is 287 g/mol. The fourth-order valence-electron chi connectivity index (χ4n) is 2.27. The van der Waals surface area contributed by atoms with Crippen LogP contribution in [0.4, 0.5) is 0 Å².